The van der Waals surface area contributed by atoms with Crippen LogP contribution in [0.25, 0.3) is 0 Å². The molecule has 0 saturated heterocycles. The third-order valence-electron chi connectivity index (χ3n) is 4.55. The van der Waals surface area contributed by atoms with Crippen LogP contribution in [0.1, 0.15) is 19.4 Å². The van der Waals surface area contributed by atoms with Crippen LogP contribution < -0.4 is 15.9 Å². The molecule has 1 heterocycles. The van der Waals surface area contributed by atoms with E-state index < -0.39 is 17.5 Å². The Morgan fingerprint density at radius 3 is 2.42 bits per heavy atom. The van der Waals surface area contributed by atoms with Gasteiger partial charge in [0.25, 0.3) is 5.91 Å². The van der Waals surface area contributed by atoms with Crippen LogP contribution in [0, 0.1) is 24.2 Å². The second-order valence-corrected chi connectivity index (χ2v) is 6.90. The molecular weight excluding hydrogens is 394 g/mol. The third-order valence-corrected chi connectivity index (χ3v) is 4.55. The summed E-state index contributed by atoms with van der Waals surface area (Å²) in [6.45, 7) is 5.28. The Kier molecular flexibility index (Phi) is 6.52. The first-order chi connectivity index (χ1) is 14.9. The Bertz CT molecular complexity index is 1110. The van der Waals surface area contributed by atoms with E-state index in [1.165, 1.54) is 5.01 Å². The Morgan fingerprint density at radius 1 is 1.10 bits per heavy atom. The normalized spacial score (nSPS) is 16.6. The van der Waals surface area contributed by atoms with Crippen molar-refractivity contribution in [2.45, 2.75) is 20.8 Å². The molecule has 9 nitrogen and oxygen atoms in total. The second kappa shape index (κ2) is 9.45. The summed E-state index contributed by atoms with van der Waals surface area (Å²) in [6.07, 6.45) is 0. The maximum absolute atomic E-state index is 12.8. The molecule has 156 valence electrons. The molecule has 1 aliphatic rings. The lowest BCUT2D eigenvalue weighted by atomic mass is 9.99. The van der Waals surface area contributed by atoms with E-state index in [0.29, 0.717) is 22.8 Å². The van der Waals surface area contributed by atoms with Gasteiger partial charge in [0, 0.05) is 0 Å². The number of aryl methyl sites for hydroxylation is 1. The number of carbonyl (C=O) groups is 2. The summed E-state index contributed by atoms with van der Waals surface area (Å²) in [5.41, 5.74) is 7.80. The molecule has 1 aliphatic heterocycles. The fourth-order valence-corrected chi connectivity index (χ4v) is 2.93. The number of amides is 2. The number of carbonyl (C=O) groups excluding carboxylic acids is 2. The molecule has 0 aliphatic carbocycles. The standard InChI is InChI=1S/C22H21N7O2/c1-14-9-11-17(12-10-14)25-26-19(13-23)21(30)27-24-15(2)20-16(3)28-29(22(20)31)18-7-5-4-6-8-18/h4-12,20,25H,1-3H3,(H,27,30)/b24-15+,26-19-. The maximum atomic E-state index is 12.8. The number of benzene rings is 2. The van der Waals surface area contributed by atoms with Crippen molar-refractivity contribution in [2.24, 2.45) is 21.2 Å². The number of para-hydroxylation sites is 1. The lowest BCUT2D eigenvalue weighted by Crippen LogP contribution is -2.34. The SMILES string of the molecule is CC1=NN(c2ccccc2)C(=O)C1/C(C)=N/NC(=O)/C(C#N)=N\Nc1ccc(C)cc1. The van der Waals surface area contributed by atoms with Crippen LogP contribution in [0.4, 0.5) is 11.4 Å². The Hall–Kier alpha value is -4.32. The fourth-order valence-electron chi connectivity index (χ4n) is 2.93. The number of nitrogens with zero attached hydrogens (tertiary/aromatic N) is 5. The molecule has 2 N–H and O–H groups in total. The minimum absolute atomic E-state index is 0.269. The van der Waals surface area contributed by atoms with Crippen LogP contribution >= 0.6 is 0 Å². The van der Waals surface area contributed by atoms with E-state index in [-0.39, 0.29) is 5.91 Å². The zero-order valence-corrected chi connectivity index (χ0v) is 17.3. The molecule has 1 atom stereocenters. The quantitative estimate of drug-likeness (QED) is 0.556. The van der Waals surface area contributed by atoms with E-state index in [1.54, 1.807) is 44.2 Å². The first kappa shape index (κ1) is 21.4. The van der Waals surface area contributed by atoms with Gasteiger partial charge in [0.2, 0.25) is 5.71 Å². The summed E-state index contributed by atoms with van der Waals surface area (Å²) in [4.78, 5) is 25.1. The number of anilines is 2. The summed E-state index contributed by atoms with van der Waals surface area (Å²) >= 11 is 0. The van der Waals surface area contributed by atoms with E-state index >= 15 is 0 Å². The summed E-state index contributed by atoms with van der Waals surface area (Å²) in [5, 5.41) is 22.7. The summed E-state index contributed by atoms with van der Waals surface area (Å²) < 4.78 is 0. The van der Waals surface area contributed by atoms with Crippen LogP contribution in [0.5, 0.6) is 0 Å². The number of hydrazone groups is 3. The fraction of sp³-hybridized carbons (Fsp3) is 0.182. The number of nitriles is 1. The van der Waals surface area contributed by atoms with Crippen molar-refractivity contribution in [3.63, 3.8) is 0 Å². The van der Waals surface area contributed by atoms with Crippen molar-refractivity contribution in [3.05, 3.63) is 60.2 Å². The number of hydrogen-bond acceptors (Lipinski definition) is 7. The Labute approximate surface area is 179 Å². The number of hydrogen-bond donors (Lipinski definition) is 2. The van der Waals surface area contributed by atoms with Crippen molar-refractivity contribution >= 4 is 40.3 Å². The molecule has 31 heavy (non-hydrogen) atoms. The van der Waals surface area contributed by atoms with Gasteiger partial charge in [-0.1, -0.05) is 35.9 Å². The highest BCUT2D eigenvalue weighted by molar-refractivity contribution is 6.45. The van der Waals surface area contributed by atoms with Gasteiger partial charge in [0.1, 0.15) is 12.0 Å². The first-order valence-electron chi connectivity index (χ1n) is 9.50. The van der Waals surface area contributed by atoms with Crippen molar-refractivity contribution in [2.75, 3.05) is 10.4 Å². The van der Waals surface area contributed by atoms with Crippen LogP contribution in [0.15, 0.2) is 69.9 Å². The van der Waals surface area contributed by atoms with E-state index in [0.717, 1.165) is 5.56 Å². The third kappa shape index (κ3) is 5.00. The van der Waals surface area contributed by atoms with Gasteiger partial charge in [0.15, 0.2) is 0 Å². The summed E-state index contributed by atoms with van der Waals surface area (Å²) in [5.74, 6) is -1.76. The molecule has 2 amide bonds. The van der Waals surface area contributed by atoms with Crippen molar-refractivity contribution in [3.8, 4) is 6.07 Å². The number of rotatable bonds is 6. The van der Waals surface area contributed by atoms with Crippen LogP contribution in [-0.2, 0) is 9.59 Å². The Balaban J connectivity index is 1.67. The first-order valence-corrected chi connectivity index (χ1v) is 9.50. The maximum Gasteiger partial charge on any atom is 0.302 e. The highest BCUT2D eigenvalue weighted by atomic mass is 16.2. The van der Waals surface area contributed by atoms with Gasteiger partial charge in [-0.25, -0.2) is 5.43 Å². The van der Waals surface area contributed by atoms with Gasteiger partial charge in [-0.2, -0.15) is 25.6 Å². The van der Waals surface area contributed by atoms with Gasteiger partial charge in [0.05, 0.1) is 22.8 Å². The molecule has 1 unspecified atom stereocenters. The molecule has 2 aromatic carbocycles. The lowest BCUT2D eigenvalue weighted by Gasteiger charge is -2.14. The zero-order chi connectivity index (χ0) is 22.4. The van der Waals surface area contributed by atoms with Gasteiger partial charge in [-0.05, 0) is 45.0 Å². The molecule has 9 heteroatoms. The van der Waals surface area contributed by atoms with Crippen molar-refractivity contribution in [1.82, 2.24) is 5.43 Å². The largest absolute Gasteiger partial charge is 0.302 e. The molecule has 0 fully saturated rings. The number of nitrogens with one attached hydrogen (secondary N) is 2. The highest BCUT2D eigenvalue weighted by Gasteiger charge is 2.36. The van der Waals surface area contributed by atoms with Crippen molar-refractivity contribution in [1.29, 1.82) is 5.26 Å². The zero-order valence-electron chi connectivity index (χ0n) is 17.3. The molecule has 0 spiro atoms. The molecule has 0 bridgehead atoms. The monoisotopic (exact) mass is 415 g/mol. The Morgan fingerprint density at radius 2 is 1.77 bits per heavy atom. The molecular formula is C22H21N7O2. The van der Waals surface area contributed by atoms with E-state index in [4.69, 9.17) is 0 Å². The van der Waals surface area contributed by atoms with Crippen LogP contribution in [0.3, 0.4) is 0 Å². The van der Waals surface area contributed by atoms with E-state index in [2.05, 4.69) is 26.2 Å². The summed E-state index contributed by atoms with van der Waals surface area (Å²) in [7, 11) is 0. The molecule has 0 radical (unpaired) electrons. The lowest BCUT2D eigenvalue weighted by molar-refractivity contribution is -0.118. The average Bonchev–Trinajstić information content (AvgIpc) is 3.08. The second-order valence-electron chi connectivity index (χ2n) is 6.90. The minimum Gasteiger partial charge on any atom is -0.277 e. The van der Waals surface area contributed by atoms with Gasteiger partial charge in [-0.15, -0.1) is 0 Å². The molecule has 0 aromatic heterocycles. The van der Waals surface area contributed by atoms with Crippen LogP contribution in [0.2, 0.25) is 0 Å². The van der Waals surface area contributed by atoms with E-state index in [9.17, 15) is 14.9 Å². The molecule has 0 saturated carbocycles. The highest BCUT2D eigenvalue weighted by Crippen LogP contribution is 2.24. The molecule has 3 rings (SSSR count). The smallest absolute Gasteiger partial charge is 0.277 e. The van der Waals surface area contributed by atoms with Gasteiger partial charge in [-0.3, -0.25) is 15.0 Å². The van der Waals surface area contributed by atoms with Gasteiger partial charge < -0.3 is 0 Å². The predicted molar refractivity (Wildman–Crippen MR) is 120 cm³/mol. The predicted octanol–water partition coefficient (Wildman–Crippen LogP) is 2.82. The van der Waals surface area contributed by atoms with Gasteiger partial charge >= 0.3 is 5.91 Å². The molecule has 2 aromatic rings. The average molecular weight is 415 g/mol. The van der Waals surface area contributed by atoms with E-state index in [1.807, 2.05) is 37.3 Å². The summed E-state index contributed by atoms with van der Waals surface area (Å²) in [6, 6.07) is 18.1. The van der Waals surface area contributed by atoms with Crippen LogP contribution in [-0.4, -0.2) is 28.9 Å². The topological polar surface area (TPSA) is 122 Å². The van der Waals surface area contributed by atoms with Crippen molar-refractivity contribution < 1.29 is 9.59 Å². The minimum atomic E-state index is -0.790.